The summed E-state index contributed by atoms with van der Waals surface area (Å²) >= 11 is 0. The van der Waals surface area contributed by atoms with Gasteiger partial charge in [-0.3, -0.25) is 10.1 Å². The first kappa shape index (κ1) is 19.3. The van der Waals surface area contributed by atoms with E-state index in [1.807, 2.05) is 24.3 Å². The molecular weight excluding hydrogens is 396 g/mol. The van der Waals surface area contributed by atoms with Gasteiger partial charge >= 0.3 is 0 Å². The predicted molar refractivity (Wildman–Crippen MR) is 117 cm³/mol. The zero-order chi connectivity index (χ0) is 21.2. The molecular formula is C22H22N6O3. The van der Waals surface area contributed by atoms with E-state index < -0.39 is 0 Å². The Labute approximate surface area is 178 Å². The van der Waals surface area contributed by atoms with E-state index in [0.29, 0.717) is 24.7 Å². The summed E-state index contributed by atoms with van der Waals surface area (Å²) in [6.45, 7) is 2.88. The number of H-pyrrole nitrogens is 1. The number of nitrogens with two attached hydrogens (primary N) is 1. The van der Waals surface area contributed by atoms with Crippen molar-refractivity contribution in [3.63, 3.8) is 0 Å². The van der Waals surface area contributed by atoms with Gasteiger partial charge in [0.1, 0.15) is 22.8 Å². The van der Waals surface area contributed by atoms with Crippen molar-refractivity contribution >= 4 is 16.7 Å². The summed E-state index contributed by atoms with van der Waals surface area (Å²) < 4.78 is 11.2. The Hall–Kier alpha value is -3.69. The fraction of sp³-hybridized carbons (Fsp3) is 0.227. The van der Waals surface area contributed by atoms with Crippen LogP contribution in [-0.4, -0.2) is 53.6 Å². The third-order valence-corrected chi connectivity index (χ3v) is 5.40. The molecule has 5 rings (SSSR count). The van der Waals surface area contributed by atoms with E-state index in [-0.39, 0.29) is 0 Å². The molecule has 1 saturated heterocycles. The van der Waals surface area contributed by atoms with E-state index in [9.17, 15) is 0 Å². The number of aromatic nitrogens is 4. The molecule has 1 aliphatic rings. The van der Waals surface area contributed by atoms with Crippen molar-refractivity contribution in [1.82, 2.24) is 20.2 Å². The Balaban J connectivity index is 1.78. The molecule has 9 heteroatoms. The average molecular weight is 418 g/mol. The number of methoxy groups -OCH3 is 1. The Morgan fingerprint density at radius 1 is 1.06 bits per heavy atom. The van der Waals surface area contributed by atoms with Gasteiger partial charge in [-0.15, -0.1) is 0 Å². The van der Waals surface area contributed by atoms with Crippen LogP contribution in [0.3, 0.4) is 0 Å². The molecule has 0 unspecified atom stereocenters. The molecule has 0 amide bonds. The molecule has 1 aromatic carbocycles. The zero-order valence-electron chi connectivity index (χ0n) is 17.0. The molecule has 0 atom stereocenters. The number of nitrogens with one attached hydrogen (secondary N) is 1. The minimum absolute atomic E-state index is 0.521. The first-order chi connectivity index (χ1) is 15.3. The van der Waals surface area contributed by atoms with Gasteiger partial charge in [0.15, 0.2) is 5.75 Å². The molecule has 0 bridgehead atoms. The number of rotatable bonds is 5. The molecule has 158 valence electrons. The first-order valence-electron chi connectivity index (χ1n) is 9.96. The molecule has 0 aliphatic carbocycles. The molecule has 4 aromatic rings. The molecule has 4 heterocycles. The predicted octanol–water partition coefficient (Wildman–Crippen LogP) is 2.78. The monoisotopic (exact) mass is 418 g/mol. The third-order valence-electron chi connectivity index (χ3n) is 5.40. The summed E-state index contributed by atoms with van der Waals surface area (Å²) in [6.07, 6.45) is 3.49. The molecule has 3 N–H and O–H groups in total. The lowest BCUT2D eigenvalue weighted by Gasteiger charge is -2.28. The highest BCUT2D eigenvalue weighted by atomic mass is 16.6. The SMILES string of the molecule is COc1cc(ON)ccc1-c1cc(N2CCOCC2)nc2c(-c3ccn[nH]3)nccc12. The Morgan fingerprint density at radius 3 is 2.68 bits per heavy atom. The number of nitrogens with zero attached hydrogens (tertiary/aromatic N) is 4. The van der Waals surface area contributed by atoms with Crippen LogP contribution >= 0.6 is 0 Å². The summed E-state index contributed by atoms with van der Waals surface area (Å²) in [7, 11) is 1.63. The fourth-order valence-electron chi connectivity index (χ4n) is 3.87. The number of ether oxygens (including phenoxy) is 2. The molecule has 1 fully saturated rings. The van der Waals surface area contributed by atoms with Gasteiger partial charge in [-0.1, -0.05) is 0 Å². The standard InChI is InChI=1S/C22H22N6O3/c1-29-19-12-14(31-23)2-3-15(19)17-13-20(28-8-10-30-11-9-28)26-21-16(17)4-6-24-22(21)18-5-7-25-27-18/h2-7,12-13H,8-11,23H2,1H3,(H,25,27). The second-order valence-electron chi connectivity index (χ2n) is 7.13. The van der Waals surface area contributed by atoms with Gasteiger partial charge in [-0.05, 0) is 35.9 Å². The first-order valence-corrected chi connectivity index (χ1v) is 9.96. The number of fused-ring (bicyclic) bond motifs is 1. The van der Waals surface area contributed by atoms with Crippen LogP contribution in [0.25, 0.3) is 33.4 Å². The molecule has 3 aromatic heterocycles. The van der Waals surface area contributed by atoms with Gasteiger partial charge in [0.2, 0.25) is 0 Å². The molecule has 1 aliphatic heterocycles. The van der Waals surface area contributed by atoms with E-state index in [0.717, 1.165) is 52.3 Å². The van der Waals surface area contributed by atoms with Crippen molar-refractivity contribution in [3.05, 3.63) is 48.8 Å². The topological polar surface area (TPSA) is 111 Å². The summed E-state index contributed by atoms with van der Waals surface area (Å²) in [6, 6.07) is 11.5. The van der Waals surface area contributed by atoms with Crippen molar-refractivity contribution in [2.45, 2.75) is 0 Å². The van der Waals surface area contributed by atoms with E-state index in [2.05, 4.69) is 26.1 Å². The van der Waals surface area contributed by atoms with Gasteiger partial charge in [-0.25, -0.2) is 4.98 Å². The lowest BCUT2D eigenvalue weighted by Crippen LogP contribution is -2.36. The van der Waals surface area contributed by atoms with Crippen molar-refractivity contribution in [3.8, 4) is 34.0 Å². The van der Waals surface area contributed by atoms with Crippen LogP contribution in [0.5, 0.6) is 11.5 Å². The van der Waals surface area contributed by atoms with Gasteiger partial charge < -0.3 is 19.2 Å². The van der Waals surface area contributed by atoms with Gasteiger partial charge in [0, 0.05) is 42.5 Å². The molecule has 0 spiro atoms. The average Bonchev–Trinajstić information content (AvgIpc) is 3.38. The maximum Gasteiger partial charge on any atom is 0.150 e. The second-order valence-corrected chi connectivity index (χ2v) is 7.13. The third kappa shape index (κ3) is 3.54. The van der Waals surface area contributed by atoms with Gasteiger partial charge in [-0.2, -0.15) is 11.0 Å². The number of morpholine rings is 1. The zero-order valence-corrected chi connectivity index (χ0v) is 17.0. The molecule has 0 radical (unpaired) electrons. The van der Waals surface area contributed by atoms with Crippen molar-refractivity contribution in [1.29, 1.82) is 0 Å². The van der Waals surface area contributed by atoms with E-state index >= 15 is 0 Å². The highest BCUT2D eigenvalue weighted by Gasteiger charge is 2.20. The molecule has 9 nitrogen and oxygen atoms in total. The van der Waals surface area contributed by atoms with Crippen LogP contribution in [0.1, 0.15) is 0 Å². The second kappa shape index (κ2) is 8.21. The normalized spacial score (nSPS) is 14.1. The lowest BCUT2D eigenvalue weighted by molar-refractivity contribution is 0.122. The Kier molecular flexibility index (Phi) is 5.11. The summed E-state index contributed by atoms with van der Waals surface area (Å²) in [5.41, 5.74) is 4.23. The smallest absolute Gasteiger partial charge is 0.150 e. The van der Waals surface area contributed by atoms with Crippen molar-refractivity contribution in [2.75, 3.05) is 38.3 Å². The van der Waals surface area contributed by atoms with Crippen molar-refractivity contribution in [2.24, 2.45) is 5.90 Å². The minimum Gasteiger partial charge on any atom is -0.496 e. The number of pyridine rings is 2. The van der Waals surface area contributed by atoms with E-state index in [1.54, 1.807) is 25.6 Å². The van der Waals surface area contributed by atoms with Crippen LogP contribution in [0, 0.1) is 0 Å². The van der Waals surface area contributed by atoms with Crippen LogP contribution < -0.4 is 20.4 Å². The van der Waals surface area contributed by atoms with Gasteiger partial charge in [0.25, 0.3) is 0 Å². The van der Waals surface area contributed by atoms with E-state index in [1.165, 1.54) is 0 Å². The number of hydrogen-bond donors (Lipinski definition) is 2. The van der Waals surface area contributed by atoms with Crippen molar-refractivity contribution < 1.29 is 14.3 Å². The number of aromatic amines is 1. The number of hydrogen-bond acceptors (Lipinski definition) is 8. The fourth-order valence-corrected chi connectivity index (χ4v) is 3.87. The van der Waals surface area contributed by atoms with Gasteiger partial charge in [0.05, 0.1) is 26.0 Å². The van der Waals surface area contributed by atoms with E-state index in [4.69, 9.17) is 25.2 Å². The highest BCUT2D eigenvalue weighted by Crippen LogP contribution is 2.40. The molecule has 31 heavy (non-hydrogen) atoms. The summed E-state index contributed by atoms with van der Waals surface area (Å²) in [4.78, 5) is 16.7. The summed E-state index contributed by atoms with van der Waals surface area (Å²) in [5.74, 6) is 7.38. The number of benzene rings is 1. The summed E-state index contributed by atoms with van der Waals surface area (Å²) in [5, 5.41) is 8.03. The quantitative estimate of drug-likeness (QED) is 0.476. The van der Waals surface area contributed by atoms with Crippen LogP contribution in [-0.2, 0) is 4.74 Å². The number of anilines is 1. The van der Waals surface area contributed by atoms with Crippen LogP contribution in [0.15, 0.2) is 48.8 Å². The lowest BCUT2D eigenvalue weighted by atomic mass is 9.99. The minimum atomic E-state index is 0.521. The Morgan fingerprint density at radius 2 is 1.94 bits per heavy atom. The maximum atomic E-state index is 5.66. The largest absolute Gasteiger partial charge is 0.496 e. The van der Waals surface area contributed by atoms with Crippen LogP contribution in [0.2, 0.25) is 0 Å². The Bertz CT molecular complexity index is 1210. The van der Waals surface area contributed by atoms with Crippen LogP contribution in [0.4, 0.5) is 5.82 Å². The highest BCUT2D eigenvalue weighted by molar-refractivity contribution is 6.02. The maximum absolute atomic E-state index is 5.66. The molecule has 0 saturated carbocycles.